The first-order valence-corrected chi connectivity index (χ1v) is 10.8. The van der Waals surface area contributed by atoms with Crippen LogP contribution in [0.15, 0.2) is 42.5 Å². The summed E-state index contributed by atoms with van der Waals surface area (Å²) >= 11 is 0. The zero-order valence-corrected chi connectivity index (χ0v) is 18.1. The Morgan fingerprint density at radius 3 is 2.59 bits per heavy atom. The summed E-state index contributed by atoms with van der Waals surface area (Å²) < 4.78 is 51.6. The fraction of sp³-hybridized carbons (Fsp3) is 0.458. The van der Waals surface area contributed by atoms with Gasteiger partial charge in [-0.1, -0.05) is 12.1 Å². The summed E-state index contributed by atoms with van der Waals surface area (Å²) in [5, 5.41) is 2.84. The molecule has 4 rings (SSSR count). The van der Waals surface area contributed by atoms with E-state index in [9.17, 15) is 18.0 Å². The smallest absolute Gasteiger partial charge is 0.255 e. The number of hydrogen-bond acceptors (Lipinski definition) is 4. The molecule has 1 unspecified atom stereocenters. The van der Waals surface area contributed by atoms with Gasteiger partial charge >= 0.3 is 0 Å². The zero-order valence-electron chi connectivity index (χ0n) is 18.1. The van der Waals surface area contributed by atoms with E-state index in [2.05, 4.69) is 5.32 Å². The van der Waals surface area contributed by atoms with E-state index in [1.165, 1.54) is 19.1 Å². The van der Waals surface area contributed by atoms with E-state index in [1.807, 2.05) is 36.1 Å². The SMILES string of the molecule is CC(=O)N[C@@H](C)c1ccc(O[C@@H]2CCN(c3ccc(OCC4CC4(F)F)c(F)c3)C2)cc1. The molecule has 0 radical (unpaired) electrons. The maximum atomic E-state index is 14.4. The normalized spacial score (nSPS) is 22.3. The van der Waals surface area contributed by atoms with Gasteiger partial charge in [-0.15, -0.1) is 0 Å². The molecule has 1 amide bonds. The summed E-state index contributed by atoms with van der Waals surface area (Å²) in [5.74, 6) is -3.39. The number of carbonyl (C=O) groups excluding carboxylic acids is 1. The Bertz CT molecular complexity index is 967. The summed E-state index contributed by atoms with van der Waals surface area (Å²) in [6.45, 7) is 4.56. The highest BCUT2D eigenvalue weighted by molar-refractivity contribution is 5.73. The van der Waals surface area contributed by atoms with Crippen molar-refractivity contribution in [1.82, 2.24) is 5.32 Å². The van der Waals surface area contributed by atoms with E-state index in [0.717, 1.165) is 24.3 Å². The maximum absolute atomic E-state index is 14.4. The number of rotatable bonds is 8. The van der Waals surface area contributed by atoms with Crippen molar-refractivity contribution < 1.29 is 27.4 Å². The number of halogens is 3. The number of nitrogens with one attached hydrogen (secondary N) is 1. The second kappa shape index (κ2) is 8.92. The minimum Gasteiger partial charge on any atom is -0.490 e. The summed E-state index contributed by atoms with van der Waals surface area (Å²) in [7, 11) is 0. The van der Waals surface area contributed by atoms with Gasteiger partial charge in [-0.3, -0.25) is 4.79 Å². The monoisotopic (exact) mass is 448 g/mol. The van der Waals surface area contributed by atoms with Crippen LogP contribution in [0.5, 0.6) is 11.5 Å². The quantitative estimate of drug-likeness (QED) is 0.635. The first-order chi connectivity index (χ1) is 15.2. The number of anilines is 1. The Balaban J connectivity index is 1.29. The van der Waals surface area contributed by atoms with Gasteiger partial charge in [0.05, 0.1) is 25.1 Å². The molecule has 2 aliphatic rings. The van der Waals surface area contributed by atoms with Gasteiger partial charge < -0.3 is 19.7 Å². The van der Waals surface area contributed by atoms with Crippen molar-refractivity contribution in [3.63, 3.8) is 0 Å². The van der Waals surface area contributed by atoms with Gasteiger partial charge in [-0.25, -0.2) is 13.2 Å². The van der Waals surface area contributed by atoms with Crippen LogP contribution in [0.4, 0.5) is 18.9 Å². The fourth-order valence-electron chi connectivity index (χ4n) is 3.92. The topological polar surface area (TPSA) is 50.8 Å². The number of hydrogen-bond donors (Lipinski definition) is 1. The average Bonchev–Trinajstić information content (AvgIpc) is 3.11. The fourth-order valence-corrected chi connectivity index (χ4v) is 3.92. The zero-order chi connectivity index (χ0) is 22.9. The van der Waals surface area contributed by atoms with Gasteiger partial charge in [0.1, 0.15) is 11.9 Å². The van der Waals surface area contributed by atoms with Crippen molar-refractivity contribution >= 4 is 11.6 Å². The number of benzene rings is 2. The van der Waals surface area contributed by atoms with Crippen molar-refractivity contribution in [2.24, 2.45) is 5.92 Å². The number of carbonyl (C=O) groups is 1. The van der Waals surface area contributed by atoms with Crippen molar-refractivity contribution in [3.8, 4) is 11.5 Å². The van der Waals surface area contributed by atoms with Crippen LogP contribution < -0.4 is 19.7 Å². The molecule has 172 valence electrons. The minimum atomic E-state index is -2.68. The van der Waals surface area contributed by atoms with Crippen molar-refractivity contribution in [2.45, 2.75) is 44.8 Å². The third-order valence-electron chi connectivity index (χ3n) is 5.92. The van der Waals surface area contributed by atoms with Crippen molar-refractivity contribution in [1.29, 1.82) is 0 Å². The first kappa shape index (κ1) is 22.3. The Kier molecular flexibility index (Phi) is 6.22. The van der Waals surface area contributed by atoms with Gasteiger partial charge in [-0.05, 0) is 36.8 Å². The molecule has 2 fully saturated rings. The Labute approximate surface area is 185 Å². The molecule has 1 saturated heterocycles. The summed E-state index contributed by atoms with van der Waals surface area (Å²) in [6.07, 6.45) is 0.560. The summed E-state index contributed by atoms with van der Waals surface area (Å²) in [6, 6.07) is 12.1. The van der Waals surface area contributed by atoms with E-state index in [1.54, 1.807) is 6.07 Å². The molecular formula is C24H27F3N2O3. The molecule has 1 heterocycles. The summed E-state index contributed by atoms with van der Waals surface area (Å²) in [5.41, 5.74) is 1.70. The van der Waals surface area contributed by atoms with E-state index < -0.39 is 17.7 Å². The molecule has 1 aliphatic carbocycles. The van der Waals surface area contributed by atoms with E-state index >= 15 is 0 Å². The highest BCUT2D eigenvalue weighted by Gasteiger charge is 2.57. The first-order valence-electron chi connectivity index (χ1n) is 10.8. The molecule has 0 spiro atoms. The lowest BCUT2D eigenvalue weighted by atomic mass is 10.1. The third kappa shape index (κ3) is 5.29. The molecule has 5 nitrogen and oxygen atoms in total. The van der Waals surface area contributed by atoms with E-state index in [0.29, 0.717) is 12.2 Å². The molecular weight excluding hydrogens is 421 g/mol. The molecule has 0 aromatic heterocycles. The van der Waals surface area contributed by atoms with Gasteiger partial charge in [-0.2, -0.15) is 0 Å². The molecule has 3 atom stereocenters. The van der Waals surface area contributed by atoms with Gasteiger partial charge in [0.15, 0.2) is 11.6 Å². The molecule has 0 bridgehead atoms. The molecule has 2 aromatic carbocycles. The molecule has 1 aliphatic heterocycles. The highest BCUT2D eigenvalue weighted by Crippen LogP contribution is 2.48. The van der Waals surface area contributed by atoms with Crippen LogP contribution in [0.2, 0.25) is 0 Å². The predicted octanol–water partition coefficient (Wildman–Crippen LogP) is 4.71. The number of amides is 1. The van der Waals surface area contributed by atoms with Gasteiger partial charge in [0.25, 0.3) is 5.92 Å². The Morgan fingerprint density at radius 2 is 1.97 bits per heavy atom. The lowest BCUT2D eigenvalue weighted by Crippen LogP contribution is -2.25. The van der Waals surface area contributed by atoms with E-state index in [-0.39, 0.29) is 36.8 Å². The molecule has 8 heteroatoms. The van der Waals surface area contributed by atoms with Gasteiger partial charge in [0, 0.05) is 38.1 Å². The lowest BCUT2D eigenvalue weighted by molar-refractivity contribution is -0.119. The van der Waals surface area contributed by atoms with E-state index in [4.69, 9.17) is 9.47 Å². The summed E-state index contributed by atoms with van der Waals surface area (Å²) in [4.78, 5) is 13.2. The van der Waals surface area contributed by atoms with Crippen LogP contribution in [0.3, 0.4) is 0 Å². The van der Waals surface area contributed by atoms with Crippen molar-refractivity contribution in [3.05, 3.63) is 53.8 Å². The third-order valence-corrected chi connectivity index (χ3v) is 5.92. The molecule has 1 N–H and O–H groups in total. The predicted molar refractivity (Wildman–Crippen MR) is 115 cm³/mol. The van der Waals surface area contributed by atoms with Gasteiger partial charge in [0.2, 0.25) is 5.91 Å². The largest absolute Gasteiger partial charge is 0.490 e. The van der Waals surface area contributed by atoms with Crippen LogP contribution in [-0.2, 0) is 4.79 Å². The van der Waals surface area contributed by atoms with Crippen LogP contribution >= 0.6 is 0 Å². The molecule has 1 saturated carbocycles. The minimum absolute atomic E-state index is 0.00275. The number of alkyl halides is 2. The van der Waals surface area contributed by atoms with Crippen LogP contribution in [0, 0.1) is 11.7 Å². The highest BCUT2D eigenvalue weighted by atomic mass is 19.3. The Hall–Kier alpha value is -2.90. The number of nitrogens with zero attached hydrogens (tertiary/aromatic N) is 1. The van der Waals surface area contributed by atoms with Crippen LogP contribution in [0.25, 0.3) is 0 Å². The number of ether oxygens (including phenoxy) is 2. The average molecular weight is 448 g/mol. The lowest BCUT2D eigenvalue weighted by Gasteiger charge is -2.20. The maximum Gasteiger partial charge on any atom is 0.255 e. The molecule has 32 heavy (non-hydrogen) atoms. The second-order valence-electron chi connectivity index (χ2n) is 8.55. The van der Waals surface area contributed by atoms with Crippen molar-refractivity contribution in [2.75, 3.05) is 24.6 Å². The standard InChI is InChI=1S/C24H27F3N2O3/c1-15(28-16(2)30)17-3-6-20(7-4-17)32-21-9-10-29(13-21)19-5-8-23(22(25)11-19)31-14-18-12-24(18,26)27/h3-8,11,15,18,21H,9-10,12-14H2,1-2H3,(H,28,30)/t15-,18?,21+/m0/s1. The Morgan fingerprint density at radius 1 is 1.25 bits per heavy atom. The van der Waals surface area contributed by atoms with Crippen LogP contribution in [0.1, 0.15) is 38.3 Å². The van der Waals surface area contributed by atoms with Crippen LogP contribution in [-0.4, -0.2) is 37.6 Å². The second-order valence-corrected chi connectivity index (χ2v) is 8.55. The molecule has 2 aromatic rings.